The van der Waals surface area contributed by atoms with Crippen LogP contribution in [-0.2, 0) is 51.3 Å². The molecule has 2 aliphatic rings. The van der Waals surface area contributed by atoms with Crippen LogP contribution < -0.4 is 5.32 Å². The first-order chi connectivity index (χ1) is 31.7. The third kappa shape index (κ3) is 14.5. The average molecular weight is 912 g/mol. The molecule has 2 heterocycles. The fourth-order valence-corrected chi connectivity index (χ4v) is 8.18. The van der Waals surface area contributed by atoms with E-state index in [2.05, 4.69) is 10.1 Å². The first-order valence-corrected chi connectivity index (χ1v) is 22.0. The van der Waals surface area contributed by atoms with Gasteiger partial charge >= 0.3 is 11.9 Å². The Labute approximate surface area is 393 Å². The summed E-state index contributed by atoms with van der Waals surface area (Å²) in [6, 6.07) is 57.5. The molecule has 2 fully saturated rings. The lowest BCUT2D eigenvalue weighted by atomic mass is 9.90. The number of hydrogen-bond donors (Lipinski definition) is 1. The third-order valence-corrected chi connectivity index (χ3v) is 11.5. The van der Waals surface area contributed by atoms with Crippen LogP contribution in [0.5, 0.6) is 0 Å². The summed E-state index contributed by atoms with van der Waals surface area (Å²) >= 11 is 5.67. The Morgan fingerprint density at radius 1 is 0.545 bits per heavy atom. The van der Waals surface area contributed by atoms with E-state index < -0.39 is 17.9 Å². The number of rotatable bonds is 14. The average Bonchev–Trinajstić information content (AvgIpc) is 4.03. The molecule has 66 heavy (non-hydrogen) atoms. The Bertz CT molecular complexity index is 2280. The molecule has 10 nitrogen and oxygen atoms in total. The van der Waals surface area contributed by atoms with Gasteiger partial charge in [-0.2, -0.15) is 0 Å². The molecule has 2 aliphatic heterocycles. The molecule has 0 aromatic heterocycles. The normalized spacial score (nSPS) is 17.3. The zero-order valence-corrected chi connectivity index (χ0v) is 37.4. The fourth-order valence-electron chi connectivity index (χ4n) is 7.93. The SMILES string of the molecule is C.COC(=O)[C@@H]1C[C@@H](OCc2ccccc2)CN1.COC(=O)[C@@H]1C[C@@H](OCc2ccccc2)CN1C(=O)C(c1ccccc1)c1ccccc1.O=C(Cl)C(c1ccccc1)c1ccccc1. The lowest BCUT2D eigenvalue weighted by Crippen LogP contribution is -2.43. The summed E-state index contributed by atoms with van der Waals surface area (Å²) in [4.78, 5) is 50.9. The van der Waals surface area contributed by atoms with Gasteiger partial charge in [-0.15, -0.1) is 0 Å². The van der Waals surface area contributed by atoms with Gasteiger partial charge < -0.3 is 29.2 Å². The van der Waals surface area contributed by atoms with Crippen LogP contribution in [0.2, 0.25) is 0 Å². The number of halogens is 1. The number of nitrogens with one attached hydrogen (secondary N) is 1. The van der Waals surface area contributed by atoms with Gasteiger partial charge in [-0.05, 0) is 45.0 Å². The van der Waals surface area contributed by atoms with Crippen LogP contribution in [0.25, 0.3) is 0 Å². The van der Waals surface area contributed by atoms with Crippen molar-refractivity contribution >= 4 is 34.7 Å². The number of benzene rings is 6. The number of ether oxygens (including phenoxy) is 4. The minimum atomic E-state index is -0.664. The van der Waals surface area contributed by atoms with Gasteiger partial charge in [0.1, 0.15) is 12.1 Å². The van der Waals surface area contributed by atoms with Crippen LogP contribution in [0.1, 0.15) is 65.5 Å². The van der Waals surface area contributed by atoms with Crippen molar-refractivity contribution in [1.82, 2.24) is 10.2 Å². The molecule has 0 spiro atoms. The van der Waals surface area contributed by atoms with E-state index in [0.29, 0.717) is 39.1 Å². The maximum absolute atomic E-state index is 13.9. The van der Waals surface area contributed by atoms with Crippen molar-refractivity contribution in [2.24, 2.45) is 0 Å². The number of likely N-dealkylation sites (tertiary alicyclic amines) is 1. The maximum Gasteiger partial charge on any atom is 0.328 e. The quantitative estimate of drug-likeness (QED) is 0.0842. The Morgan fingerprint density at radius 2 is 0.924 bits per heavy atom. The smallest absolute Gasteiger partial charge is 0.328 e. The number of carbonyl (C=O) groups is 4. The highest BCUT2D eigenvalue weighted by molar-refractivity contribution is 6.65. The van der Waals surface area contributed by atoms with E-state index >= 15 is 0 Å². The van der Waals surface area contributed by atoms with Gasteiger partial charge in [0, 0.05) is 25.9 Å². The minimum Gasteiger partial charge on any atom is -0.468 e. The molecule has 6 aromatic rings. The summed E-state index contributed by atoms with van der Waals surface area (Å²) in [7, 11) is 2.76. The molecule has 2 saturated heterocycles. The van der Waals surface area contributed by atoms with Gasteiger partial charge in [-0.1, -0.05) is 189 Å². The van der Waals surface area contributed by atoms with Crippen molar-refractivity contribution in [1.29, 1.82) is 0 Å². The van der Waals surface area contributed by atoms with Crippen LogP contribution in [0.4, 0.5) is 0 Å². The lowest BCUT2D eigenvalue weighted by Gasteiger charge is -2.28. The molecule has 1 N–H and O–H groups in total. The molecular weight excluding hydrogens is 852 g/mol. The molecule has 11 heteroatoms. The zero-order valence-electron chi connectivity index (χ0n) is 36.6. The summed E-state index contributed by atoms with van der Waals surface area (Å²) in [5.41, 5.74) is 5.83. The number of methoxy groups -OCH3 is 2. The Balaban J connectivity index is 0.000000203. The minimum absolute atomic E-state index is 0. The zero-order chi connectivity index (χ0) is 45.8. The van der Waals surface area contributed by atoms with Crippen molar-refractivity contribution < 1.29 is 38.1 Å². The van der Waals surface area contributed by atoms with Gasteiger partial charge in [0.25, 0.3) is 0 Å². The van der Waals surface area contributed by atoms with E-state index in [1.165, 1.54) is 14.2 Å². The number of carbonyl (C=O) groups excluding carboxylic acids is 4. The predicted molar refractivity (Wildman–Crippen MR) is 258 cm³/mol. The molecule has 0 saturated carbocycles. The topological polar surface area (TPSA) is 120 Å². The van der Waals surface area contributed by atoms with Crippen molar-refractivity contribution in [3.05, 3.63) is 215 Å². The molecule has 0 unspecified atom stereocenters. The van der Waals surface area contributed by atoms with Crippen LogP contribution in [0.15, 0.2) is 182 Å². The lowest BCUT2D eigenvalue weighted by molar-refractivity contribution is -0.151. The summed E-state index contributed by atoms with van der Waals surface area (Å²) < 4.78 is 21.5. The van der Waals surface area contributed by atoms with Crippen LogP contribution in [-0.4, -0.2) is 79.6 Å². The first-order valence-electron chi connectivity index (χ1n) is 21.6. The largest absolute Gasteiger partial charge is 0.468 e. The Morgan fingerprint density at radius 3 is 1.32 bits per heavy atom. The molecule has 8 rings (SSSR count). The second kappa shape index (κ2) is 26.5. The van der Waals surface area contributed by atoms with Crippen molar-refractivity contribution in [2.45, 2.75) is 69.6 Å². The van der Waals surface area contributed by atoms with Crippen LogP contribution in [0, 0.1) is 0 Å². The molecule has 0 aliphatic carbocycles. The van der Waals surface area contributed by atoms with Crippen molar-refractivity contribution in [2.75, 3.05) is 27.3 Å². The van der Waals surface area contributed by atoms with Crippen molar-refractivity contribution in [3.8, 4) is 0 Å². The fraction of sp³-hybridized carbons (Fsp3) is 0.273. The van der Waals surface area contributed by atoms with Crippen molar-refractivity contribution in [3.63, 3.8) is 0 Å². The highest BCUT2D eigenvalue weighted by Crippen LogP contribution is 2.32. The molecule has 0 bridgehead atoms. The van der Waals surface area contributed by atoms with E-state index in [0.717, 1.165) is 33.4 Å². The van der Waals surface area contributed by atoms with E-state index in [1.807, 2.05) is 182 Å². The Kier molecular flexibility index (Phi) is 20.3. The molecule has 1 amide bonds. The third-order valence-electron chi connectivity index (χ3n) is 11.3. The standard InChI is InChI=1S/C27H27NO4.C14H11ClO.C13H17NO3.CH4/c1-31-27(30)24-17-23(32-19-20-11-5-2-6-12-20)18-28(24)26(29)25(21-13-7-3-8-14-21)22-15-9-4-10-16-22;15-14(16)13(11-7-3-1-4-8-11)12-9-5-2-6-10-12;1-16-13(15)12-7-11(8-14-12)17-9-10-5-3-2-4-6-10;/h2-16,23-25H,17-19H2,1H3;1-10,13H;2-6,11-12,14H,7-9H2,1H3;1H4/t23-,24+;;11-,12+;/m1.1./s1. The Hall–Kier alpha value is -6.43. The number of hydrogen-bond acceptors (Lipinski definition) is 9. The van der Waals surface area contributed by atoms with Crippen LogP contribution >= 0.6 is 11.6 Å². The van der Waals surface area contributed by atoms with Gasteiger partial charge in [0.15, 0.2) is 0 Å². The van der Waals surface area contributed by atoms with Crippen LogP contribution in [0.3, 0.4) is 0 Å². The molecule has 344 valence electrons. The van der Waals surface area contributed by atoms with E-state index in [4.69, 9.17) is 25.8 Å². The van der Waals surface area contributed by atoms with Gasteiger partial charge in [0.05, 0.1) is 51.5 Å². The van der Waals surface area contributed by atoms with E-state index in [1.54, 1.807) is 4.90 Å². The molecular formula is C55H59ClN2O8. The molecule has 0 radical (unpaired) electrons. The summed E-state index contributed by atoms with van der Waals surface area (Å²) in [6.45, 7) is 2.07. The highest BCUT2D eigenvalue weighted by atomic mass is 35.5. The monoisotopic (exact) mass is 910 g/mol. The molecule has 6 aromatic carbocycles. The first kappa shape index (κ1) is 50.6. The van der Waals surface area contributed by atoms with E-state index in [9.17, 15) is 19.2 Å². The second-order valence-corrected chi connectivity index (χ2v) is 16.0. The summed E-state index contributed by atoms with van der Waals surface area (Å²) in [6.07, 6.45) is 0.941. The maximum atomic E-state index is 13.9. The van der Waals surface area contributed by atoms with Gasteiger partial charge in [-0.25, -0.2) is 4.79 Å². The number of amides is 1. The summed E-state index contributed by atoms with van der Waals surface area (Å²) in [5, 5.41) is 2.74. The number of nitrogens with zero attached hydrogens (tertiary/aromatic N) is 1. The van der Waals surface area contributed by atoms with Gasteiger partial charge in [0.2, 0.25) is 11.1 Å². The van der Waals surface area contributed by atoms with E-state index in [-0.39, 0.29) is 48.7 Å². The summed E-state index contributed by atoms with van der Waals surface area (Å²) in [5.74, 6) is -1.62. The number of esters is 2. The predicted octanol–water partition coefficient (Wildman–Crippen LogP) is 9.50. The molecule has 4 atom stereocenters. The second-order valence-electron chi connectivity index (χ2n) is 15.6. The van der Waals surface area contributed by atoms with Gasteiger partial charge in [-0.3, -0.25) is 14.4 Å². The highest BCUT2D eigenvalue weighted by Gasteiger charge is 2.43.